The average Bonchev–Trinajstić information content (AvgIpc) is 2.50. The van der Waals surface area contributed by atoms with Crippen molar-refractivity contribution >= 4 is 17.3 Å². The van der Waals surface area contributed by atoms with Crippen LogP contribution in [0.25, 0.3) is 0 Å². The Morgan fingerprint density at radius 2 is 2.14 bits per heavy atom. The molecule has 1 saturated heterocycles. The third-order valence-corrected chi connectivity index (χ3v) is 3.47. The number of ether oxygens (including phenoxy) is 1. The fraction of sp³-hybridized carbons (Fsp3) is 0.533. The van der Waals surface area contributed by atoms with Crippen LogP contribution in [0.5, 0.6) is 0 Å². The first-order valence-corrected chi connectivity index (χ1v) is 7.42. The monoisotopic (exact) mass is 292 g/mol. The Bertz CT molecular complexity index is 473. The fourth-order valence-electron chi connectivity index (χ4n) is 2.33. The minimum Gasteiger partial charge on any atom is -0.399 e. The molecule has 4 N–H and O–H groups in total. The molecule has 0 unspecified atom stereocenters. The van der Waals surface area contributed by atoms with Crippen molar-refractivity contribution in [2.24, 2.45) is 0 Å². The van der Waals surface area contributed by atoms with E-state index in [4.69, 9.17) is 10.5 Å². The summed E-state index contributed by atoms with van der Waals surface area (Å²) in [5.74, 6) is -0.0985. The molecule has 0 atom stereocenters. The minimum absolute atomic E-state index is 0.0985. The third-order valence-electron chi connectivity index (χ3n) is 3.47. The highest BCUT2D eigenvalue weighted by Gasteiger charge is 2.12. The van der Waals surface area contributed by atoms with Crippen LogP contribution in [0.4, 0.5) is 11.4 Å². The van der Waals surface area contributed by atoms with Gasteiger partial charge in [-0.1, -0.05) is 0 Å². The van der Waals surface area contributed by atoms with Crippen molar-refractivity contribution in [3.63, 3.8) is 0 Å². The lowest BCUT2D eigenvalue weighted by molar-refractivity contribution is 0.0398. The SMILES string of the molecule is CCNC(=O)c1cc(N)ccc1NCCN1CCOCC1. The van der Waals surface area contributed by atoms with Crippen LogP contribution < -0.4 is 16.4 Å². The molecule has 116 valence electrons. The van der Waals surface area contributed by atoms with Gasteiger partial charge in [0.15, 0.2) is 0 Å². The van der Waals surface area contributed by atoms with Crippen LogP contribution in [0.1, 0.15) is 17.3 Å². The molecule has 0 spiro atoms. The predicted octanol–water partition coefficient (Wildman–Crippen LogP) is 0.763. The van der Waals surface area contributed by atoms with Crippen LogP contribution in [0.2, 0.25) is 0 Å². The van der Waals surface area contributed by atoms with Crippen LogP contribution in [0.15, 0.2) is 18.2 Å². The molecule has 0 bridgehead atoms. The van der Waals surface area contributed by atoms with Gasteiger partial charge in [-0.2, -0.15) is 0 Å². The Morgan fingerprint density at radius 3 is 2.86 bits per heavy atom. The number of carbonyl (C=O) groups excluding carboxylic acids is 1. The van der Waals surface area contributed by atoms with E-state index in [9.17, 15) is 4.79 Å². The summed E-state index contributed by atoms with van der Waals surface area (Å²) in [7, 11) is 0. The summed E-state index contributed by atoms with van der Waals surface area (Å²) in [6, 6.07) is 5.38. The van der Waals surface area contributed by atoms with Crippen molar-refractivity contribution in [1.29, 1.82) is 0 Å². The number of carbonyl (C=O) groups is 1. The summed E-state index contributed by atoms with van der Waals surface area (Å²) in [6.07, 6.45) is 0. The second kappa shape index (κ2) is 7.85. The maximum absolute atomic E-state index is 12.0. The molecule has 0 radical (unpaired) electrons. The maximum Gasteiger partial charge on any atom is 0.253 e. The van der Waals surface area contributed by atoms with Crippen molar-refractivity contribution in [2.75, 3.05) is 57.0 Å². The van der Waals surface area contributed by atoms with Gasteiger partial charge in [-0.3, -0.25) is 9.69 Å². The van der Waals surface area contributed by atoms with Gasteiger partial charge in [0.2, 0.25) is 0 Å². The van der Waals surface area contributed by atoms with Crippen molar-refractivity contribution in [3.05, 3.63) is 23.8 Å². The molecule has 21 heavy (non-hydrogen) atoms. The Labute approximate surface area is 125 Å². The standard InChI is InChI=1S/C15H24N4O2/c1-2-17-15(20)13-11-12(16)3-4-14(13)18-5-6-19-7-9-21-10-8-19/h3-4,11,18H,2,5-10,16H2,1H3,(H,17,20). The quantitative estimate of drug-likeness (QED) is 0.675. The van der Waals surface area contributed by atoms with E-state index in [1.54, 1.807) is 12.1 Å². The summed E-state index contributed by atoms with van der Waals surface area (Å²) in [5, 5.41) is 6.14. The molecule has 1 heterocycles. The molecule has 1 amide bonds. The van der Waals surface area contributed by atoms with Gasteiger partial charge in [-0.05, 0) is 25.1 Å². The van der Waals surface area contributed by atoms with E-state index in [2.05, 4.69) is 15.5 Å². The number of anilines is 2. The van der Waals surface area contributed by atoms with E-state index in [1.807, 2.05) is 13.0 Å². The number of nitrogen functional groups attached to an aromatic ring is 1. The smallest absolute Gasteiger partial charge is 0.253 e. The van der Waals surface area contributed by atoms with Crippen molar-refractivity contribution < 1.29 is 9.53 Å². The van der Waals surface area contributed by atoms with Gasteiger partial charge in [0.05, 0.1) is 18.8 Å². The second-order valence-electron chi connectivity index (χ2n) is 5.05. The lowest BCUT2D eigenvalue weighted by Gasteiger charge is -2.26. The number of rotatable bonds is 6. The molecule has 6 heteroatoms. The summed E-state index contributed by atoms with van der Waals surface area (Å²) in [4.78, 5) is 14.4. The molecule has 0 aromatic heterocycles. The highest BCUT2D eigenvalue weighted by atomic mass is 16.5. The van der Waals surface area contributed by atoms with Gasteiger partial charge in [0, 0.05) is 44.1 Å². The van der Waals surface area contributed by atoms with Crippen molar-refractivity contribution in [2.45, 2.75) is 6.92 Å². The first kappa shape index (κ1) is 15.6. The Kier molecular flexibility index (Phi) is 5.83. The van der Waals surface area contributed by atoms with E-state index < -0.39 is 0 Å². The van der Waals surface area contributed by atoms with E-state index in [-0.39, 0.29) is 5.91 Å². The normalized spacial score (nSPS) is 15.7. The Hall–Kier alpha value is -1.79. The van der Waals surface area contributed by atoms with Crippen LogP contribution in [0, 0.1) is 0 Å². The number of nitrogens with two attached hydrogens (primary N) is 1. The van der Waals surface area contributed by atoms with Crippen molar-refractivity contribution in [3.8, 4) is 0 Å². The van der Waals surface area contributed by atoms with Gasteiger partial charge in [0.25, 0.3) is 5.91 Å². The molecule has 1 aliphatic heterocycles. The molecular formula is C15H24N4O2. The van der Waals surface area contributed by atoms with Crippen LogP contribution in [-0.4, -0.2) is 56.7 Å². The molecular weight excluding hydrogens is 268 g/mol. The Balaban J connectivity index is 1.93. The number of nitrogens with one attached hydrogen (secondary N) is 2. The van der Waals surface area contributed by atoms with Gasteiger partial charge < -0.3 is 21.1 Å². The number of benzene rings is 1. The maximum atomic E-state index is 12.0. The lowest BCUT2D eigenvalue weighted by atomic mass is 10.1. The largest absolute Gasteiger partial charge is 0.399 e. The minimum atomic E-state index is -0.0985. The van der Waals surface area contributed by atoms with Crippen molar-refractivity contribution in [1.82, 2.24) is 10.2 Å². The molecule has 0 saturated carbocycles. The number of morpholine rings is 1. The molecule has 1 aromatic carbocycles. The summed E-state index contributed by atoms with van der Waals surface area (Å²) >= 11 is 0. The van der Waals surface area contributed by atoms with Gasteiger partial charge in [-0.15, -0.1) is 0 Å². The van der Waals surface area contributed by atoms with E-state index in [0.29, 0.717) is 17.8 Å². The molecule has 1 aromatic rings. The van der Waals surface area contributed by atoms with Gasteiger partial charge >= 0.3 is 0 Å². The number of hydrogen-bond acceptors (Lipinski definition) is 5. The molecule has 6 nitrogen and oxygen atoms in total. The molecule has 0 aliphatic carbocycles. The predicted molar refractivity (Wildman–Crippen MR) is 84.6 cm³/mol. The van der Waals surface area contributed by atoms with Crippen LogP contribution in [-0.2, 0) is 4.74 Å². The fourth-order valence-corrected chi connectivity index (χ4v) is 2.33. The zero-order valence-electron chi connectivity index (χ0n) is 12.5. The molecule has 1 fully saturated rings. The summed E-state index contributed by atoms with van der Waals surface area (Å²) in [5.41, 5.74) is 7.79. The molecule has 2 rings (SSSR count). The summed E-state index contributed by atoms with van der Waals surface area (Å²) in [6.45, 7) is 7.74. The lowest BCUT2D eigenvalue weighted by Crippen LogP contribution is -2.39. The van der Waals surface area contributed by atoms with E-state index in [0.717, 1.165) is 45.1 Å². The van der Waals surface area contributed by atoms with Crippen LogP contribution >= 0.6 is 0 Å². The zero-order valence-corrected chi connectivity index (χ0v) is 12.5. The number of nitrogens with zero attached hydrogens (tertiary/aromatic N) is 1. The topological polar surface area (TPSA) is 79.6 Å². The van der Waals surface area contributed by atoms with Crippen LogP contribution in [0.3, 0.4) is 0 Å². The van der Waals surface area contributed by atoms with E-state index in [1.165, 1.54) is 0 Å². The first-order valence-electron chi connectivity index (χ1n) is 7.42. The zero-order chi connectivity index (χ0) is 15.1. The number of hydrogen-bond donors (Lipinski definition) is 3. The highest BCUT2D eigenvalue weighted by molar-refractivity contribution is 6.00. The first-order chi connectivity index (χ1) is 10.2. The summed E-state index contributed by atoms with van der Waals surface area (Å²) < 4.78 is 5.33. The van der Waals surface area contributed by atoms with E-state index >= 15 is 0 Å². The second-order valence-corrected chi connectivity index (χ2v) is 5.05. The number of amides is 1. The van der Waals surface area contributed by atoms with Gasteiger partial charge in [0.1, 0.15) is 0 Å². The third kappa shape index (κ3) is 4.61. The highest BCUT2D eigenvalue weighted by Crippen LogP contribution is 2.18. The molecule has 1 aliphatic rings. The average molecular weight is 292 g/mol. The Morgan fingerprint density at radius 1 is 1.38 bits per heavy atom. The van der Waals surface area contributed by atoms with Gasteiger partial charge in [-0.25, -0.2) is 0 Å².